The molecule has 3 N–H and O–H groups in total. The van der Waals surface area contributed by atoms with E-state index in [-0.39, 0.29) is 21.6 Å². The molecule has 0 saturated heterocycles. The quantitative estimate of drug-likeness (QED) is 0.678. The zero-order valence-corrected chi connectivity index (χ0v) is 14.8. The zero-order chi connectivity index (χ0) is 17.6. The highest BCUT2D eigenvalue weighted by atomic mass is 35.5. The highest BCUT2D eigenvalue weighted by Gasteiger charge is 2.20. The minimum atomic E-state index is -0.336. The van der Waals surface area contributed by atoms with Gasteiger partial charge in [0, 0.05) is 17.1 Å². The second-order valence-electron chi connectivity index (χ2n) is 5.54. The first-order valence-electron chi connectivity index (χ1n) is 7.17. The Labute approximate surface area is 148 Å². The summed E-state index contributed by atoms with van der Waals surface area (Å²) in [5, 5.41) is 7.71. The van der Waals surface area contributed by atoms with Crippen LogP contribution in [-0.4, -0.2) is 20.5 Å². The molecule has 24 heavy (non-hydrogen) atoms. The molecule has 0 bridgehead atoms. The number of fused-ring (bicyclic) bond motifs is 1. The van der Waals surface area contributed by atoms with Gasteiger partial charge in [-0.15, -0.1) is 0 Å². The smallest absolute Gasteiger partial charge is 0.261 e. The molecule has 0 saturated carbocycles. The molecule has 0 spiro atoms. The van der Waals surface area contributed by atoms with Crippen molar-refractivity contribution < 1.29 is 4.79 Å². The van der Waals surface area contributed by atoms with Gasteiger partial charge in [0.2, 0.25) is 0 Å². The summed E-state index contributed by atoms with van der Waals surface area (Å²) in [6.45, 7) is 5.55. The SMILES string of the molecule is Cc1cc(C)n2nc(C)c(C(=O)Nc3cc(Cl)c(N)c(Cl)c3)c2n1. The number of amides is 1. The van der Waals surface area contributed by atoms with Crippen LogP contribution in [0.5, 0.6) is 0 Å². The molecular formula is C16H15Cl2N5O. The molecule has 1 aromatic carbocycles. The van der Waals surface area contributed by atoms with Crippen LogP contribution in [0.4, 0.5) is 11.4 Å². The van der Waals surface area contributed by atoms with Gasteiger partial charge in [0.25, 0.3) is 5.91 Å². The van der Waals surface area contributed by atoms with Crippen molar-refractivity contribution in [3.8, 4) is 0 Å². The number of anilines is 2. The van der Waals surface area contributed by atoms with Crippen molar-refractivity contribution in [1.29, 1.82) is 0 Å². The average Bonchev–Trinajstić information content (AvgIpc) is 2.81. The molecule has 124 valence electrons. The van der Waals surface area contributed by atoms with E-state index in [1.165, 1.54) is 0 Å². The third-order valence-corrected chi connectivity index (χ3v) is 4.26. The van der Waals surface area contributed by atoms with Crippen molar-refractivity contribution in [2.24, 2.45) is 0 Å². The van der Waals surface area contributed by atoms with Crippen LogP contribution in [0.2, 0.25) is 10.0 Å². The van der Waals surface area contributed by atoms with Crippen LogP contribution in [0, 0.1) is 20.8 Å². The van der Waals surface area contributed by atoms with Crippen LogP contribution >= 0.6 is 23.2 Å². The number of rotatable bonds is 2. The second kappa shape index (κ2) is 5.96. The summed E-state index contributed by atoms with van der Waals surface area (Å²) in [6.07, 6.45) is 0. The van der Waals surface area contributed by atoms with Gasteiger partial charge in [-0.1, -0.05) is 23.2 Å². The fourth-order valence-electron chi connectivity index (χ4n) is 2.54. The van der Waals surface area contributed by atoms with Crippen LogP contribution in [-0.2, 0) is 0 Å². The summed E-state index contributed by atoms with van der Waals surface area (Å²) >= 11 is 12.0. The standard InChI is InChI=1S/C16H15Cl2N5O/c1-7-4-8(2)23-15(20-7)13(9(3)22-23)16(24)21-10-5-11(17)14(19)12(18)6-10/h4-6H,19H2,1-3H3,(H,21,24). The number of carbonyl (C=O) groups is 1. The number of benzene rings is 1. The molecule has 0 atom stereocenters. The normalized spacial score (nSPS) is 11.0. The number of aromatic nitrogens is 3. The first kappa shape index (κ1) is 16.5. The van der Waals surface area contributed by atoms with Crippen molar-refractivity contribution in [3.63, 3.8) is 0 Å². The van der Waals surface area contributed by atoms with Crippen molar-refractivity contribution in [3.05, 3.63) is 50.9 Å². The Morgan fingerprint density at radius 1 is 1.17 bits per heavy atom. The zero-order valence-electron chi connectivity index (χ0n) is 13.3. The second-order valence-corrected chi connectivity index (χ2v) is 6.36. The summed E-state index contributed by atoms with van der Waals surface area (Å²) in [5.74, 6) is -0.336. The van der Waals surface area contributed by atoms with E-state index in [4.69, 9.17) is 28.9 Å². The van der Waals surface area contributed by atoms with Crippen LogP contribution in [0.25, 0.3) is 5.65 Å². The van der Waals surface area contributed by atoms with Gasteiger partial charge in [-0.25, -0.2) is 9.50 Å². The summed E-state index contributed by atoms with van der Waals surface area (Å²) in [6, 6.07) is 5.00. The predicted molar refractivity (Wildman–Crippen MR) is 96.0 cm³/mol. The molecule has 0 fully saturated rings. The minimum Gasteiger partial charge on any atom is -0.396 e. The molecule has 3 rings (SSSR count). The van der Waals surface area contributed by atoms with Gasteiger partial charge in [-0.05, 0) is 39.0 Å². The summed E-state index contributed by atoms with van der Waals surface area (Å²) in [4.78, 5) is 17.2. The Bertz CT molecular complexity index is 957. The number of aryl methyl sites for hydroxylation is 3. The first-order chi connectivity index (χ1) is 11.3. The number of nitrogens with zero attached hydrogens (tertiary/aromatic N) is 3. The fraction of sp³-hybridized carbons (Fsp3) is 0.188. The van der Waals surface area contributed by atoms with E-state index in [1.54, 1.807) is 23.6 Å². The van der Waals surface area contributed by atoms with Gasteiger partial charge >= 0.3 is 0 Å². The molecule has 8 heteroatoms. The van der Waals surface area contributed by atoms with Gasteiger partial charge in [-0.3, -0.25) is 4.79 Å². The highest BCUT2D eigenvalue weighted by molar-refractivity contribution is 6.39. The largest absolute Gasteiger partial charge is 0.396 e. The lowest BCUT2D eigenvalue weighted by atomic mass is 10.2. The number of hydrogen-bond donors (Lipinski definition) is 2. The van der Waals surface area contributed by atoms with E-state index in [9.17, 15) is 4.79 Å². The molecule has 1 amide bonds. The third-order valence-electron chi connectivity index (χ3n) is 3.63. The van der Waals surface area contributed by atoms with Crippen molar-refractivity contribution in [2.45, 2.75) is 20.8 Å². The van der Waals surface area contributed by atoms with E-state index >= 15 is 0 Å². The molecule has 2 aromatic heterocycles. The molecule has 0 aliphatic heterocycles. The lowest BCUT2D eigenvalue weighted by Crippen LogP contribution is -2.13. The van der Waals surface area contributed by atoms with E-state index in [0.29, 0.717) is 22.6 Å². The number of nitrogens with two attached hydrogens (primary N) is 1. The number of halogens is 2. The molecular weight excluding hydrogens is 349 g/mol. The lowest BCUT2D eigenvalue weighted by molar-refractivity contribution is 0.102. The Morgan fingerprint density at radius 3 is 2.42 bits per heavy atom. The van der Waals surface area contributed by atoms with Crippen molar-refractivity contribution in [2.75, 3.05) is 11.1 Å². The predicted octanol–water partition coefficient (Wildman–Crippen LogP) is 3.80. The maximum absolute atomic E-state index is 12.7. The van der Waals surface area contributed by atoms with Gasteiger partial charge in [0.05, 0.1) is 21.4 Å². The summed E-state index contributed by atoms with van der Waals surface area (Å²) < 4.78 is 1.65. The number of nitrogen functional groups attached to an aromatic ring is 1. The molecule has 0 aliphatic rings. The molecule has 3 aromatic rings. The van der Waals surface area contributed by atoms with E-state index in [1.807, 2.05) is 19.9 Å². The van der Waals surface area contributed by atoms with Gasteiger partial charge < -0.3 is 11.1 Å². The maximum Gasteiger partial charge on any atom is 0.261 e. The van der Waals surface area contributed by atoms with Gasteiger partial charge in [-0.2, -0.15) is 5.10 Å². The van der Waals surface area contributed by atoms with Crippen molar-refractivity contribution >= 4 is 46.1 Å². The fourth-order valence-corrected chi connectivity index (χ4v) is 3.03. The first-order valence-corrected chi connectivity index (χ1v) is 7.93. The molecule has 2 heterocycles. The van der Waals surface area contributed by atoms with Crippen LogP contribution in [0.15, 0.2) is 18.2 Å². The summed E-state index contributed by atoms with van der Waals surface area (Å²) in [5.41, 5.74) is 9.65. The molecule has 6 nitrogen and oxygen atoms in total. The van der Waals surface area contributed by atoms with E-state index < -0.39 is 0 Å². The highest BCUT2D eigenvalue weighted by Crippen LogP contribution is 2.31. The number of carbonyl (C=O) groups excluding carboxylic acids is 1. The Balaban J connectivity index is 2.05. The number of nitrogens with one attached hydrogen (secondary N) is 1. The van der Waals surface area contributed by atoms with Gasteiger partial charge in [0.15, 0.2) is 5.65 Å². The summed E-state index contributed by atoms with van der Waals surface area (Å²) in [7, 11) is 0. The monoisotopic (exact) mass is 363 g/mol. The number of hydrogen-bond acceptors (Lipinski definition) is 4. The Hall–Kier alpha value is -2.31. The molecule has 0 unspecified atom stereocenters. The lowest BCUT2D eigenvalue weighted by Gasteiger charge is -2.08. The molecule has 0 radical (unpaired) electrons. The Morgan fingerprint density at radius 2 is 1.79 bits per heavy atom. The topological polar surface area (TPSA) is 85.3 Å². The van der Waals surface area contributed by atoms with Crippen LogP contribution in [0.1, 0.15) is 27.4 Å². The maximum atomic E-state index is 12.7. The van der Waals surface area contributed by atoms with Crippen LogP contribution in [0.3, 0.4) is 0 Å². The van der Waals surface area contributed by atoms with Gasteiger partial charge in [0.1, 0.15) is 5.56 Å². The Kier molecular flexibility index (Phi) is 4.11. The third kappa shape index (κ3) is 2.79. The minimum absolute atomic E-state index is 0.274. The average molecular weight is 364 g/mol. The van der Waals surface area contributed by atoms with E-state index in [2.05, 4.69) is 15.4 Å². The molecule has 0 aliphatic carbocycles. The van der Waals surface area contributed by atoms with E-state index in [0.717, 1.165) is 11.4 Å². The van der Waals surface area contributed by atoms with Crippen molar-refractivity contribution in [1.82, 2.24) is 14.6 Å². The van der Waals surface area contributed by atoms with Crippen LogP contribution < -0.4 is 11.1 Å².